The summed E-state index contributed by atoms with van der Waals surface area (Å²) in [5.74, 6) is 0.940. The summed E-state index contributed by atoms with van der Waals surface area (Å²) in [7, 11) is 0. The second-order valence-electron chi connectivity index (χ2n) is 7.98. The number of aliphatic hydroxyl groups is 2. The number of carbonyl (C=O) groups is 1. The van der Waals surface area contributed by atoms with Gasteiger partial charge in [0.15, 0.2) is 0 Å². The van der Waals surface area contributed by atoms with Crippen LogP contribution < -0.4 is 16.0 Å². The number of amides is 1. The third-order valence-corrected chi connectivity index (χ3v) is 6.92. The zero-order valence-electron chi connectivity index (χ0n) is 17.2. The van der Waals surface area contributed by atoms with Crippen molar-refractivity contribution in [1.82, 2.24) is 19.7 Å². The van der Waals surface area contributed by atoms with Crippen LogP contribution in [0.15, 0.2) is 17.5 Å². The van der Waals surface area contributed by atoms with Crippen LogP contribution in [0.3, 0.4) is 0 Å². The second-order valence-corrected chi connectivity index (χ2v) is 9.70. The summed E-state index contributed by atoms with van der Waals surface area (Å²) in [5, 5.41) is 31.1. The Balaban J connectivity index is 1.47. The van der Waals surface area contributed by atoms with Crippen LogP contribution in [0.25, 0.3) is 10.2 Å². The van der Waals surface area contributed by atoms with E-state index >= 15 is 0 Å². The van der Waals surface area contributed by atoms with Crippen LogP contribution in [-0.4, -0.2) is 55.3 Å². The third-order valence-electron chi connectivity index (χ3n) is 5.31. The van der Waals surface area contributed by atoms with Gasteiger partial charge in [0, 0.05) is 25.3 Å². The van der Waals surface area contributed by atoms with Crippen molar-refractivity contribution in [2.75, 3.05) is 23.8 Å². The van der Waals surface area contributed by atoms with E-state index in [9.17, 15) is 9.90 Å². The van der Waals surface area contributed by atoms with Crippen molar-refractivity contribution in [3.63, 3.8) is 0 Å². The lowest BCUT2D eigenvalue weighted by Gasteiger charge is -2.33. The number of aliphatic hydroxyl groups excluding tert-OH is 1. The zero-order chi connectivity index (χ0) is 21.8. The molecule has 1 amide bonds. The molecule has 31 heavy (non-hydrogen) atoms. The predicted molar refractivity (Wildman–Crippen MR) is 123 cm³/mol. The largest absolute Gasteiger partial charge is 0.396 e. The van der Waals surface area contributed by atoms with Crippen LogP contribution in [-0.2, 0) is 0 Å². The van der Waals surface area contributed by atoms with Crippen molar-refractivity contribution in [2.24, 2.45) is 0 Å². The average molecular weight is 463 g/mol. The van der Waals surface area contributed by atoms with Gasteiger partial charge in [-0.3, -0.25) is 4.79 Å². The smallest absolute Gasteiger partial charge is 0.271 e. The van der Waals surface area contributed by atoms with Gasteiger partial charge in [0.25, 0.3) is 5.91 Å². The molecule has 11 heteroatoms. The molecular weight excluding hydrogens is 436 g/mol. The Morgan fingerprint density at radius 2 is 2.13 bits per heavy atom. The van der Waals surface area contributed by atoms with Gasteiger partial charge < -0.3 is 26.2 Å². The molecule has 0 unspecified atom stereocenters. The summed E-state index contributed by atoms with van der Waals surface area (Å²) in [5.41, 5.74) is 0.581. The SMILES string of the molecule is CC1(O)CCC(Nc2nc(Nc3cc(C(=O)NCCCO)ns3)nc3ccsc23)CC1. The number of carbonyl (C=O) groups excluding carboxylic acids is 1. The molecule has 5 N–H and O–H groups in total. The summed E-state index contributed by atoms with van der Waals surface area (Å²) in [6.45, 7) is 2.33. The number of thiophene rings is 1. The Bertz CT molecular complexity index is 1040. The van der Waals surface area contributed by atoms with E-state index in [4.69, 9.17) is 5.11 Å². The lowest BCUT2D eigenvalue weighted by Crippen LogP contribution is -2.35. The van der Waals surface area contributed by atoms with E-state index in [0.29, 0.717) is 29.6 Å². The highest BCUT2D eigenvalue weighted by molar-refractivity contribution is 7.17. The van der Waals surface area contributed by atoms with Crippen LogP contribution in [0, 0.1) is 0 Å². The topological polar surface area (TPSA) is 132 Å². The van der Waals surface area contributed by atoms with Gasteiger partial charge in [-0.1, -0.05) is 0 Å². The molecule has 1 saturated carbocycles. The Hall–Kier alpha value is -2.34. The van der Waals surface area contributed by atoms with Crippen molar-refractivity contribution in [2.45, 2.75) is 50.7 Å². The molecule has 0 saturated heterocycles. The minimum absolute atomic E-state index is 0.0308. The van der Waals surface area contributed by atoms with Crippen molar-refractivity contribution in [3.8, 4) is 0 Å². The van der Waals surface area contributed by atoms with Crippen LogP contribution >= 0.6 is 22.9 Å². The number of nitrogens with zero attached hydrogens (tertiary/aromatic N) is 3. The highest BCUT2D eigenvalue weighted by atomic mass is 32.1. The zero-order valence-corrected chi connectivity index (χ0v) is 18.9. The number of fused-ring (bicyclic) bond motifs is 1. The number of hydrogen-bond acceptors (Lipinski definition) is 10. The van der Waals surface area contributed by atoms with Gasteiger partial charge in [-0.05, 0) is 62.0 Å². The summed E-state index contributed by atoms with van der Waals surface area (Å²) < 4.78 is 5.18. The summed E-state index contributed by atoms with van der Waals surface area (Å²) >= 11 is 2.75. The Labute approximate surface area is 188 Å². The normalized spacial score (nSPS) is 21.2. The first kappa shape index (κ1) is 21.9. The van der Waals surface area contributed by atoms with Gasteiger partial charge in [0.2, 0.25) is 5.95 Å². The molecule has 9 nitrogen and oxygen atoms in total. The highest BCUT2D eigenvalue weighted by Gasteiger charge is 2.29. The minimum atomic E-state index is -0.580. The van der Waals surface area contributed by atoms with Gasteiger partial charge in [-0.15, -0.1) is 11.3 Å². The van der Waals surface area contributed by atoms with E-state index in [1.807, 2.05) is 18.4 Å². The highest BCUT2D eigenvalue weighted by Crippen LogP contribution is 2.33. The first-order chi connectivity index (χ1) is 14.9. The molecule has 1 fully saturated rings. The van der Waals surface area contributed by atoms with Gasteiger partial charge in [0.1, 0.15) is 16.5 Å². The van der Waals surface area contributed by atoms with E-state index in [0.717, 1.165) is 53.3 Å². The maximum Gasteiger partial charge on any atom is 0.271 e. The number of anilines is 3. The van der Waals surface area contributed by atoms with E-state index in [2.05, 4.69) is 30.3 Å². The van der Waals surface area contributed by atoms with Crippen molar-refractivity contribution >= 4 is 55.8 Å². The molecule has 0 aliphatic heterocycles. The predicted octanol–water partition coefficient (Wildman–Crippen LogP) is 3.11. The summed E-state index contributed by atoms with van der Waals surface area (Å²) in [6, 6.07) is 3.87. The van der Waals surface area contributed by atoms with E-state index in [-0.39, 0.29) is 18.6 Å². The molecule has 0 spiro atoms. The molecule has 3 aromatic rings. The van der Waals surface area contributed by atoms with Gasteiger partial charge >= 0.3 is 0 Å². The molecule has 0 bridgehead atoms. The molecule has 4 rings (SSSR count). The van der Waals surface area contributed by atoms with E-state index in [1.54, 1.807) is 17.4 Å². The van der Waals surface area contributed by atoms with Crippen LogP contribution in [0.5, 0.6) is 0 Å². The average Bonchev–Trinajstić information content (AvgIpc) is 3.39. The Morgan fingerprint density at radius 1 is 1.32 bits per heavy atom. The number of rotatable bonds is 8. The second kappa shape index (κ2) is 9.43. The molecular formula is C20H26N6O3S2. The van der Waals surface area contributed by atoms with Gasteiger partial charge in [-0.2, -0.15) is 9.36 Å². The molecule has 0 aromatic carbocycles. The number of nitrogens with one attached hydrogen (secondary N) is 3. The number of hydrogen-bond donors (Lipinski definition) is 5. The molecule has 1 aliphatic carbocycles. The Kier molecular flexibility index (Phi) is 6.65. The number of aromatic nitrogens is 3. The summed E-state index contributed by atoms with van der Waals surface area (Å²) in [6.07, 6.45) is 3.80. The maximum atomic E-state index is 12.1. The maximum absolute atomic E-state index is 12.1. The van der Waals surface area contributed by atoms with Crippen molar-refractivity contribution < 1.29 is 15.0 Å². The van der Waals surface area contributed by atoms with Gasteiger partial charge in [-0.25, -0.2) is 4.98 Å². The van der Waals surface area contributed by atoms with E-state index in [1.165, 1.54) is 0 Å². The summed E-state index contributed by atoms with van der Waals surface area (Å²) in [4.78, 5) is 21.4. The minimum Gasteiger partial charge on any atom is -0.396 e. The molecule has 3 heterocycles. The van der Waals surface area contributed by atoms with Crippen molar-refractivity contribution in [3.05, 3.63) is 23.2 Å². The molecule has 3 aromatic heterocycles. The fraction of sp³-hybridized carbons (Fsp3) is 0.500. The quantitative estimate of drug-likeness (QED) is 0.323. The molecule has 166 valence electrons. The lowest BCUT2D eigenvalue weighted by atomic mass is 9.84. The van der Waals surface area contributed by atoms with Crippen LogP contribution in [0.1, 0.15) is 49.5 Å². The lowest BCUT2D eigenvalue weighted by molar-refractivity contribution is 0.0196. The van der Waals surface area contributed by atoms with Crippen LogP contribution in [0.2, 0.25) is 0 Å². The fourth-order valence-electron chi connectivity index (χ4n) is 3.52. The third kappa shape index (κ3) is 5.48. The molecule has 0 radical (unpaired) electrons. The standard InChI is InChI=1S/C20H26N6O3S2/c1-20(29)6-3-12(4-7-20)22-17-16-13(5-10-30-16)23-19(25-17)24-15-11-14(26-31-15)18(28)21-8-2-9-27/h5,10-12,27,29H,2-4,6-9H2,1H3,(H,21,28)(H2,22,23,24,25). The first-order valence-electron chi connectivity index (χ1n) is 10.3. The first-order valence-corrected chi connectivity index (χ1v) is 12.0. The fourth-order valence-corrected chi connectivity index (χ4v) is 4.93. The van der Waals surface area contributed by atoms with Gasteiger partial charge in [0.05, 0.1) is 15.8 Å². The van der Waals surface area contributed by atoms with Crippen LogP contribution in [0.4, 0.5) is 16.8 Å². The van der Waals surface area contributed by atoms with E-state index < -0.39 is 5.60 Å². The monoisotopic (exact) mass is 462 g/mol. The van der Waals surface area contributed by atoms with Crippen molar-refractivity contribution in [1.29, 1.82) is 0 Å². The molecule has 1 aliphatic rings. The Morgan fingerprint density at radius 3 is 2.90 bits per heavy atom. The molecule has 0 atom stereocenters.